The van der Waals surface area contributed by atoms with Crippen LogP contribution < -0.4 is 0 Å². The molecule has 0 bridgehead atoms. The highest BCUT2D eigenvalue weighted by molar-refractivity contribution is 6.45. The average Bonchev–Trinajstić information content (AvgIpc) is 2.30. The fourth-order valence-electron chi connectivity index (χ4n) is 1.69. The molecule has 0 unspecified atom stereocenters. The van der Waals surface area contributed by atoms with Gasteiger partial charge in [-0.05, 0) is 26.3 Å². The minimum absolute atomic E-state index is 0.746. The summed E-state index contributed by atoms with van der Waals surface area (Å²) in [4.78, 5) is 0. The molecule has 0 aliphatic rings. The monoisotopic (exact) mass is 250 g/mol. The SMILES string of the molecule is CCO[SiH](C/C(C)=C/c1ccccc1)OCC. The molecule has 0 saturated heterocycles. The Morgan fingerprint density at radius 3 is 2.24 bits per heavy atom. The van der Waals surface area contributed by atoms with E-state index in [1.54, 1.807) is 0 Å². The molecule has 94 valence electrons. The third kappa shape index (κ3) is 5.82. The Morgan fingerprint density at radius 1 is 1.12 bits per heavy atom. The van der Waals surface area contributed by atoms with Crippen LogP contribution in [0.1, 0.15) is 26.3 Å². The lowest BCUT2D eigenvalue weighted by Gasteiger charge is -2.14. The number of hydrogen-bond acceptors (Lipinski definition) is 2. The predicted molar refractivity (Wildman–Crippen MR) is 75.3 cm³/mol. The van der Waals surface area contributed by atoms with Crippen LogP contribution in [0.25, 0.3) is 6.08 Å². The zero-order valence-electron chi connectivity index (χ0n) is 11.0. The summed E-state index contributed by atoms with van der Waals surface area (Å²) >= 11 is 0. The minimum Gasteiger partial charge on any atom is -0.397 e. The van der Waals surface area contributed by atoms with Crippen molar-refractivity contribution in [3.8, 4) is 0 Å². The fourth-order valence-corrected chi connectivity index (χ4v) is 3.41. The molecule has 0 amide bonds. The molecule has 0 saturated carbocycles. The first-order valence-electron chi connectivity index (χ1n) is 6.21. The van der Waals surface area contributed by atoms with Gasteiger partial charge in [0.1, 0.15) is 0 Å². The zero-order valence-corrected chi connectivity index (χ0v) is 12.1. The summed E-state index contributed by atoms with van der Waals surface area (Å²) in [6.07, 6.45) is 2.21. The Bertz CT molecular complexity index is 329. The molecule has 0 aromatic heterocycles. The molecule has 1 aromatic carbocycles. The van der Waals surface area contributed by atoms with Gasteiger partial charge in [0.15, 0.2) is 0 Å². The molecule has 0 heterocycles. The Labute approximate surface area is 106 Å². The van der Waals surface area contributed by atoms with Crippen molar-refractivity contribution >= 4 is 15.4 Å². The third-order valence-electron chi connectivity index (χ3n) is 2.41. The van der Waals surface area contributed by atoms with E-state index in [9.17, 15) is 0 Å². The van der Waals surface area contributed by atoms with E-state index in [0.717, 1.165) is 19.3 Å². The van der Waals surface area contributed by atoms with E-state index in [1.165, 1.54) is 11.1 Å². The van der Waals surface area contributed by atoms with Gasteiger partial charge in [-0.25, -0.2) is 0 Å². The summed E-state index contributed by atoms with van der Waals surface area (Å²) in [7, 11) is -1.50. The Hall–Kier alpha value is -0.903. The van der Waals surface area contributed by atoms with Crippen LogP contribution in [0.15, 0.2) is 35.9 Å². The van der Waals surface area contributed by atoms with Crippen molar-refractivity contribution < 1.29 is 8.85 Å². The van der Waals surface area contributed by atoms with Crippen LogP contribution in [-0.4, -0.2) is 22.5 Å². The molecule has 2 nitrogen and oxygen atoms in total. The van der Waals surface area contributed by atoms with Crippen LogP contribution >= 0.6 is 0 Å². The minimum atomic E-state index is -1.50. The van der Waals surface area contributed by atoms with Crippen molar-refractivity contribution in [1.29, 1.82) is 0 Å². The first-order chi connectivity index (χ1) is 8.26. The summed E-state index contributed by atoms with van der Waals surface area (Å²) in [5.74, 6) is 0. The Morgan fingerprint density at radius 2 is 1.71 bits per heavy atom. The topological polar surface area (TPSA) is 18.5 Å². The van der Waals surface area contributed by atoms with Crippen LogP contribution in [0.5, 0.6) is 0 Å². The second-order valence-electron chi connectivity index (χ2n) is 3.95. The molecule has 1 aromatic rings. The molecule has 1 rings (SSSR count). The third-order valence-corrected chi connectivity index (χ3v) is 4.79. The molecule has 17 heavy (non-hydrogen) atoms. The summed E-state index contributed by atoms with van der Waals surface area (Å²) < 4.78 is 11.3. The maximum Gasteiger partial charge on any atom is 0.325 e. The van der Waals surface area contributed by atoms with Crippen LogP contribution in [0.3, 0.4) is 0 Å². The van der Waals surface area contributed by atoms with Gasteiger partial charge in [-0.15, -0.1) is 0 Å². The van der Waals surface area contributed by atoms with Gasteiger partial charge < -0.3 is 8.85 Å². The van der Waals surface area contributed by atoms with Crippen LogP contribution in [0.2, 0.25) is 6.04 Å². The number of rotatable bonds is 7. The lowest BCUT2D eigenvalue weighted by molar-refractivity contribution is 0.215. The van der Waals surface area contributed by atoms with Gasteiger partial charge in [-0.1, -0.05) is 42.0 Å². The molecular formula is C14H22O2Si. The van der Waals surface area contributed by atoms with Crippen molar-refractivity contribution in [1.82, 2.24) is 0 Å². The molecule has 3 heteroatoms. The highest BCUT2D eigenvalue weighted by Crippen LogP contribution is 2.13. The summed E-state index contributed by atoms with van der Waals surface area (Å²) in [5, 5.41) is 0. The van der Waals surface area contributed by atoms with Crippen LogP contribution in [-0.2, 0) is 8.85 Å². The van der Waals surface area contributed by atoms with Crippen molar-refractivity contribution in [2.24, 2.45) is 0 Å². The highest BCUT2D eigenvalue weighted by atomic mass is 28.3. The van der Waals surface area contributed by atoms with E-state index in [4.69, 9.17) is 8.85 Å². The molecule has 0 radical (unpaired) electrons. The standard InChI is InChI=1S/C14H22O2Si/c1-4-15-17(16-5-2)12-13(3)11-14-9-7-6-8-10-14/h6-11,17H,4-5,12H2,1-3H3/b13-11+. The van der Waals surface area contributed by atoms with Gasteiger partial charge in [0.25, 0.3) is 0 Å². The Balaban J connectivity index is 2.57. The molecule has 0 aliphatic heterocycles. The van der Waals surface area contributed by atoms with Gasteiger partial charge in [-0.2, -0.15) is 0 Å². The molecule has 0 fully saturated rings. The van der Waals surface area contributed by atoms with E-state index >= 15 is 0 Å². The lowest BCUT2D eigenvalue weighted by Crippen LogP contribution is -2.22. The predicted octanol–water partition coefficient (Wildman–Crippen LogP) is 3.38. The van der Waals surface area contributed by atoms with E-state index in [2.05, 4.69) is 37.3 Å². The smallest absolute Gasteiger partial charge is 0.325 e. The molecule has 0 aliphatic carbocycles. The summed E-state index contributed by atoms with van der Waals surface area (Å²) in [6.45, 7) is 7.68. The lowest BCUT2D eigenvalue weighted by atomic mass is 10.1. The number of hydrogen-bond donors (Lipinski definition) is 0. The van der Waals surface area contributed by atoms with Crippen molar-refractivity contribution in [3.05, 3.63) is 41.5 Å². The average molecular weight is 250 g/mol. The van der Waals surface area contributed by atoms with Crippen LogP contribution in [0.4, 0.5) is 0 Å². The van der Waals surface area contributed by atoms with Gasteiger partial charge in [-0.3, -0.25) is 0 Å². The molecule has 0 spiro atoms. The van der Waals surface area contributed by atoms with Crippen LogP contribution in [0, 0.1) is 0 Å². The van der Waals surface area contributed by atoms with E-state index in [-0.39, 0.29) is 0 Å². The molecule has 0 atom stereocenters. The summed E-state index contributed by atoms with van der Waals surface area (Å²) in [5.41, 5.74) is 2.57. The van der Waals surface area contributed by atoms with Crippen molar-refractivity contribution in [2.45, 2.75) is 26.8 Å². The first kappa shape index (κ1) is 14.2. The summed E-state index contributed by atoms with van der Waals surface area (Å²) in [6, 6.07) is 11.3. The number of allylic oxidation sites excluding steroid dienone is 1. The quantitative estimate of drug-likeness (QED) is 0.691. The van der Waals surface area contributed by atoms with Gasteiger partial charge in [0.05, 0.1) is 0 Å². The second kappa shape index (κ2) is 8.23. The second-order valence-corrected chi connectivity index (χ2v) is 5.88. The maximum atomic E-state index is 5.67. The van der Waals surface area contributed by atoms with Gasteiger partial charge >= 0.3 is 9.28 Å². The zero-order chi connectivity index (χ0) is 12.5. The highest BCUT2D eigenvalue weighted by Gasteiger charge is 2.12. The maximum absolute atomic E-state index is 5.67. The Kier molecular flexibility index (Phi) is 6.85. The van der Waals surface area contributed by atoms with Gasteiger partial charge in [0.2, 0.25) is 0 Å². The van der Waals surface area contributed by atoms with E-state index in [0.29, 0.717) is 0 Å². The largest absolute Gasteiger partial charge is 0.397 e. The first-order valence-corrected chi connectivity index (χ1v) is 7.97. The van der Waals surface area contributed by atoms with Gasteiger partial charge in [0, 0.05) is 19.3 Å². The van der Waals surface area contributed by atoms with Crippen molar-refractivity contribution in [2.75, 3.05) is 13.2 Å². The van der Waals surface area contributed by atoms with E-state index in [1.807, 2.05) is 19.9 Å². The molecular weight excluding hydrogens is 228 g/mol. The normalized spacial score (nSPS) is 12.1. The van der Waals surface area contributed by atoms with Crippen molar-refractivity contribution in [3.63, 3.8) is 0 Å². The van der Waals surface area contributed by atoms with E-state index < -0.39 is 9.28 Å². The fraction of sp³-hybridized carbons (Fsp3) is 0.429. The molecule has 0 N–H and O–H groups in total. The number of benzene rings is 1.